The minimum atomic E-state index is -0.241. The van der Waals surface area contributed by atoms with Gasteiger partial charge in [-0.2, -0.15) is 0 Å². The lowest BCUT2D eigenvalue weighted by Crippen LogP contribution is -2.62. The number of hydrogen-bond donors (Lipinski definition) is 0. The van der Waals surface area contributed by atoms with Gasteiger partial charge in [0.2, 0.25) is 0 Å². The highest BCUT2D eigenvalue weighted by Crippen LogP contribution is 2.57. The van der Waals surface area contributed by atoms with E-state index in [9.17, 15) is 0 Å². The Hall–Kier alpha value is -7.14. The third kappa shape index (κ3) is 5.52. The number of benzene rings is 9. The average molecular weight is 973 g/mol. The Labute approximate surface area is 441 Å². The third-order valence-corrected chi connectivity index (χ3v) is 20.4. The molecule has 0 atom stereocenters. The van der Waals surface area contributed by atoms with Crippen LogP contribution in [0.3, 0.4) is 0 Å². The van der Waals surface area contributed by atoms with Gasteiger partial charge in [-0.1, -0.05) is 184 Å². The summed E-state index contributed by atoms with van der Waals surface area (Å²) in [6.45, 7) is 26.7. The lowest BCUT2D eigenvalue weighted by atomic mass is 9.33. The van der Waals surface area contributed by atoms with E-state index in [2.05, 4.69) is 256 Å². The topological polar surface area (TPSA) is 6.48 Å². The lowest BCUT2D eigenvalue weighted by molar-refractivity contribution is 0.520. The zero-order valence-corrected chi connectivity index (χ0v) is 45.4. The summed E-state index contributed by atoms with van der Waals surface area (Å²) in [4.78, 5) is 5.40. The summed E-state index contributed by atoms with van der Waals surface area (Å²) in [5.41, 5.74) is 28.2. The van der Waals surface area contributed by atoms with E-state index in [1.54, 1.807) is 0 Å². The molecular weight excluding hydrogens is 912 g/mol. The number of aryl methyl sites for hydroxylation is 1. The van der Waals surface area contributed by atoms with Crippen LogP contribution in [0.25, 0.3) is 31.3 Å². The van der Waals surface area contributed by atoms with Crippen LogP contribution in [0.15, 0.2) is 170 Å². The van der Waals surface area contributed by atoms with Gasteiger partial charge in [0.1, 0.15) is 0 Å². The van der Waals surface area contributed by atoms with Crippen molar-refractivity contribution in [2.75, 3.05) is 9.80 Å². The second-order valence-corrected chi connectivity index (χ2v) is 26.1. The summed E-state index contributed by atoms with van der Waals surface area (Å²) in [5.74, 6) is 0. The number of hydrogen-bond acceptors (Lipinski definition) is 3. The number of anilines is 6. The van der Waals surface area contributed by atoms with Gasteiger partial charge in [0.15, 0.2) is 0 Å². The molecule has 9 aromatic carbocycles. The average Bonchev–Trinajstić information content (AvgIpc) is 3.79. The minimum Gasteiger partial charge on any atom is -0.311 e. The third-order valence-electron chi connectivity index (χ3n) is 19.3. The predicted molar refractivity (Wildman–Crippen MR) is 317 cm³/mol. The zero-order chi connectivity index (χ0) is 50.7. The van der Waals surface area contributed by atoms with Gasteiger partial charge in [-0.05, 0) is 150 Å². The van der Waals surface area contributed by atoms with E-state index in [1.165, 1.54) is 143 Å². The molecule has 0 amide bonds. The number of rotatable bonds is 2. The van der Waals surface area contributed by atoms with Crippen molar-refractivity contribution in [1.82, 2.24) is 0 Å². The Morgan fingerprint density at radius 2 is 0.919 bits per heavy atom. The Bertz CT molecular complexity index is 4150. The maximum absolute atomic E-state index is 2.70. The van der Waals surface area contributed by atoms with E-state index in [0.29, 0.717) is 0 Å². The molecule has 0 spiro atoms. The van der Waals surface area contributed by atoms with E-state index in [0.717, 1.165) is 0 Å². The SMILES string of the molecule is Cc1cc2ccc1N1c3cc(-c4ccccc4)cc4c3B(c3cc5c(cc3N4c3ccc4c(c3)C(C)(C)c3ccccc3C4(C)C)C(C)(C)c3ccccc3C5(C)C)c3ccc4sc5ccc(cc5c4c31)C2(C)C. The summed E-state index contributed by atoms with van der Waals surface area (Å²) in [7, 11) is 0. The molecule has 0 unspecified atom stereocenters. The van der Waals surface area contributed by atoms with Gasteiger partial charge < -0.3 is 9.80 Å². The Morgan fingerprint density at radius 3 is 1.57 bits per heavy atom. The highest BCUT2D eigenvalue weighted by Gasteiger charge is 2.50. The highest BCUT2D eigenvalue weighted by molar-refractivity contribution is 7.26. The van der Waals surface area contributed by atoms with Crippen LogP contribution in [0, 0.1) is 6.92 Å². The molecule has 1 aromatic heterocycles. The summed E-state index contributed by atoms with van der Waals surface area (Å²) in [6, 6.07) is 67.1. The van der Waals surface area contributed by atoms with Crippen molar-refractivity contribution in [3.63, 3.8) is 0 Å². The normalized spacial score (nSPS) is 17.9. The van der Waals surface area contributed by atoms with Crippen LogP contribution in [0.4, 0.5) is 34.1 Å². The van der Waals surface area contributed by atoms with Crippen LogP contribution in [0.1, 0.15) is 130 Å². The molecule has 0 fully saturated rings. The van der Waals surface area contributed by atoms with Gasteiger partial charge in [-0.25, -0.2) is 0 Å². The van der Waals surface area contributed by atoms with Gasteiger partial charge in [-0.3, -0.25) is 0 Å². The van der Waals surface area contributed by atoms with Crippen LogP contribution >= 0.6 is 11.3 Å². The zero-order valence-electron chi connectivity index (χ0n) is 44.5. The minimum absolute atomic E-state index is 0.0488. The summed E-state index contributed by atoms with van der Waals surface area (Å²) < 4.78 is 2.67. The summed E-state index contributed by atoms with van der Waals surface area (Å²) >= 11 is 1.94. The molecule has 0 radical (unpaired) electrons. The Balaban J connectivity index is 1.11. The number of thiophene rings is 1. The molecule has 10 aromatic rings. The molecular formula is C70H61BN2S. The quantitative estimate of drug-likeness (QED) is 0.159. The number of fused-ring (bicyclic) bond motifs is 9. The Kier molecular flexibility index (Phi) is 8.61. The first-order chi connectivity index (χ1) is 35.4. The van der Waals surface area contributed by atoms with E-state index in [1.807, 2.05) is 11.3 Å². The monoisotopic (exact) mass is 972 g/mol. The molecule has 4 bridgehead atoms. The first-order valence-electron chi connectivity index (χ1n) is 26.9. The molecule has 0 saturated carbocycles. The highest BCUT2D eigenvalue weighted by atomic mass is 32.1. The van der Waals surface area contributed by atoms with Gasteiger partial charge >= 0.3 is 0 Å². The fourth-order valence-electron chi connectivity index (χ4n) is 15.1. The molecule has 4 aliphatic heterocycles. The molecule has 2 nitrogen and oxygen atoms in total. The molecule has 6 aliphatic rings. The molecule has 74 heavy (non-hydrogen) atoms. The fourth-order valence-corrected chi connectivity index (χ4v) is 16.1. The van der Waals surface area contributed by atoms with Crippen molar-refractivity contribution >= 4 is 88.7 Å². The predicted octanol–water partition coefficient (Wildman–Crippen LogP) is 16.7. The first kappa shape index (κ1) is 44.4. The molecule has 5 heterocycles. The summed E-state index contributed by atoms with van der Waals surface area (Å²) in [6.07, 6.45) is 0. The van der Waals surface area contributed by atoms with E-state index in [-0.39, 0.29) is 33.8 Å². The van der Waals surface area contributed by atoms with Crippen molar-refractivity contribution in [1.29, 1.82) is 0 Å². The van der Waals surface area contributed by atoms with E-state index < -0.39 is 0 Å². The summed E-state index contributed by atoms with van der Waals surface area (Å²) in [5, 5.41) is 2.71. The van der Waals surface area contributed by atoms with Crippen LogP contribution in [-0.2, 0) is 27.1 Å². The van der Waals surface area contributed by atoms with Gasteiger partial charge in [-0.15, -0.1) is 11.3 Å². The van der Waals surface area contributed by atoms with Crippen molar-refractivity contribution in [2.24, 2.45) is 0 Å². The molecule has 0 saturated heterocycles. The Morgan fingerprint density at radius 1 is 0.378 bits per heavy atom. The van der Waals surface area contributed by atoms with Crippen molar-refractivity contribution in [3.05, 3.63) is 231 Å². The smallest absolute Gasteiger partial charge is 0.252 e. The van der Waals surface area contributed by atoms with Gasteiger partial charge in [0.05, 0.1) is 5.69 Å². The van der Waals surface area contributed by atoms with Crippen LogP contribution < -0.4 is 26.2 Å². The van der Waals surface area contributed by atoms with Crippen LogP contribution in [0.5, 0.6) is 0 Å². The fraction of sp³-hybridized carbons (Fsp3) is 0.229. The molecule has 4 heteroatoms. The van der Waals surface area contributed by atoms with Gasteiger partial charge in [0, 0.05) is 75.7 Å². The lowest BCUT2D eigenvalue weighted by Gasteiger charge is -2.49. The number of nitrogens with zero attached hydrogens (tertiary/aromatic N) is 2. The first-order valence-corrected chi connectivity index (χ1v) is 27.7. The molecule has 0 N–H and O–H groups in total. The van der Waals surface area contributed by atoms with Crippen LogP contribution in [0.2, 0.25) is 0 Å². The molecule has 16 rings (SSSR count). The van der Waals surface area contributed by atoms with E-state index >= 15 is 0 Å². The van der Waals surface area contributed by atoms with Crippen molar-refractivity contribution < 1.29 is 0 Å². The van der Waals surface area contributed by atoms with Crippen molar-refractivity contribution in [2.45, 2.75) is 103 Å². The standard InChI is InChI=1S/C70H61BN2S/c1-40-33-43-25-30-57(40)73-60-35-42(41-19-13-12-14-20-41)34-59-64(60)71(55-29-32-62-63(65(55)73)46-36-44(66(43,2)3)26-31-61(46)74-62)56-38-53-54(70(10,11)50-24-18-17-23-49(50)69(53,8)9)39-58(56)72(59)45-27-28-51-52(37-45)68(6,7)48-22-16-15-21-47(48)67(51,4)5/h12-39H,1-11H3. The maximum Gasteiger partial charge on any atom is 0.252 e. The largest absolute Gasteiger partial charge is 0.311 e. The van der Waals surface area contributed by atoms with Gasteiger partial charge in [0.25, 0.3) is 6.71 Å². The van der Waals surface area contributed by atoms with Crippen molar-refractivity contribution in [3.8, 4) is 11.1 Å². The second kappa shape index (κ2) is 14.4. The maximum atomic E-state index is 2.70. The van der Waals surface area contributed by atoms with E-state index in [4.69, 9.17) is 0 Å². The van der Waals surface area contributed by atoms with Crippen LogP contribution in [-0.4, -0.2) is 6.71 Å². The molecule has 360 valence electrons. The second-order valence-electron chi connectivity index (χ2n) is 25.0. The molecule has 2 aliphatic carbocycles.